The maximum atomic E-state index is 7.10. The zero-order valence-electron chi connectivity index (χ0n) is 33.4. The number of rotatable bonds is 7. The Bertz CT molecular complexity index is 3170. The molecule has 0 bridgehead atoms. The van der Waals surface area contributed by atoms with E-state index in [-0.39, 0.29) is 6.71 Å². The van der Waals surface area contributed by atoms with Crippen molar-refractivity contribution in [3.8, 4) is 11.5 Å². The van der Waals surface area contributed by atoms with Crippen LogP contribution in [0.4, 0.5) is 51.2 Å². The first-order valence-electron chi connectivity index (χ1n) is 20.8. The van der Waals surface area contributed by atoms with Gasteiger partial charge in [0, 0.05) is 68.0 Å². The van der Waals surface area contributed by atoms with Crippen LogP contribution in [-0.4, -0.2) is 6.71 Å². The molecule has 0 atom stereocenters. The second-order valence-corrected chi connectivity index (χ2v) is 15.8. The van der Waals surface area contributed by atoms with Crippen molar-refractivity contribution in [1.82, 2.24) is 0 Å². The number of hydrogen-bond donors (Lipinski definition) is 0. The minimum atomic E-state index is -0.0971. The van der Waals surface area contributed by atoms with E-state index in [2.05, 4.69) is 222 Å². The predicted octanol–water partition coefficient (Wildman–Crippen LogP) is 13.2. The number of aryl methyl sites for hydroxylation is 1. The van der Waals surface area contributed by atoms with Crippen molar-refractivity contribution < 1.29 is 9.15 Å². The van der Waals surface area contributed by atoms with Gasteiger partial charge in [0.25, 0.3) is 6.71 Å². The standard InChI is InChI=1S/C55H38BN3O2/c1-37-33-50-53-52(34-37)61-55-48(32-30-46-45-29-27-44(36-51(45)60-54(46)55)58(40-21-11-4-12-22-40)41-23-13-5-14-24-41)56(53)47-31-28-43(35-49(47)59(50)42-25-15-6-16-26-42)57(38-17-7-2-8-18-38)39-19-9-3-10-20-39/h2-36H,1H3. The van der Waals surface area contributed by atoms with Crippen LogP contribution in [0, 0.1) is 6.92 Å². The summed E-state index contributed by atoms with van der Waals surface area (Å²) in [5, 5.41) is 2.08. The average Bonchev–Trinajstić information content (AvgIpc) is 3.69. The second-order valence-electron chi connectivity index (χ2n) is 15.8. The summed E-state index contributed by atoms with van der Waals surface area (Å²) >= 11 is 0. The van der Waals surface area contributed by atoms with Gasteiger partial charge in [0.2, 0.25) is 0 Å². The monoisotopic (exact) mass is 783 g/mol. The lowest BCUT2D eigenvalue weighted by molar-refractivity contribution is 0.480. The number of nitrogens with zero attached hydrogens (tertiary/aromatic N) is 3. The Morgan fingerprint density at radius 3 is 1.54 bits per heavy atom. The molecule has 0 fully saturated rings. The van der Waals surface area contributed by atoms with Gasteiger partial charge in [0.05, 0.1) is 0 Å². The molecule has 0 radical (unpaired) electrons. The Balaban J connectivity index is 1.06. The smallest absolute Gasteiger partial charge is 0.256 e. The molecule has 0 unspecified atom stereocenters. The Morgan fingerprint density at radius 1 is 0.443 bits per heavy atom. The molecule has 0 saturated heterocycles. The average molecular weight is 784 g/mol. The quantitative estimate of drug-likeness (QED) is 0.150. The van der Waals surface area contributed by atoms with Crippen molar-refractivity contribution in [2.75, 3.05) is 14.7 Å². The Morgan fingerprint density at radius 2 is 0.951 bits per heavy atom. The summed E-state index contributed by atoms with van der Waals surface area (Å²) in [7, 11) is 0. The van der Waals surface area contributed by atoms with Crippen LogP contribution in [-0.2, 0) is 0 Å². The van der Waals surface area contributed by atoms with Gasteiger partial charge in [0.1, 0.15) is 11.3 Å². The van der Waals surface area contributed by atoms with Crippen LogP contribution in [0.3, 0.4) is 0 Å². The number of benzene rings is 9. The Hall–Kier alpha value is -7.96. The van der Waals surface area contributed by atoms with Gasteiger partial charge in [0.15, 0.2) is 11.3 Å². The first kappa shape index (κ1) is 35.0. The van der Waals surface area contributed by atoms with Gasteiger partial charge < -0.3 is 23.9 Å². The largest absolute Gasteiger partial charge is 0.454 e. The predicted molar refractivity (Wildman–Crippen MR) is 254 cm³/mol. The second kappa shape index (κ2) is 14.1. The summed E-state index contributed by atoms with van der Waals surface area (Å²) in [4.78, 5) is 7.01. The number of ether oxygens (including phenoxy) is 1. The lowest BCUT2D eigenvalue weighted by Crippen LogP contribution is -2.59. The number of para-hydroxylation sites is 5. The number of hydrogen-bond acceptors (Lipinski definition) is 5. The maximum Gasteiger partial charge on any atom is 0.256 e. The molecule has 3 heterocycles. The van der Waals surface area contributed by atoms with Crippen molar-refractivity contribution in [3.63, 3.8) is 0 Å². The van der Waals surface area contributed by atoms with Crippen LogP contribution >= 0.6 is 0 Å². The van der Waals surface area contributed by atoms with E-state index >= 15 is 0 Å². The highest BCUT2D eigenvalue weighted by molar-refractivity contribution is 6.99. The van der Waals surface area contributed by atoms with Gasteiger partial charge in [-0.15, -0.1) is 0 Å². The van der Waals surface area contributed by atoms with E-state index in [1.54, 1.807) is 0 Å². The summed E-state index contributed by atoms with van der Waals surface area (Å²) in [6, 6.07) is 75.3. The van der Waals surface area contributed by atoms with Crippen LogP contribution in [0.1, 0.15) is 5.56 Å². The van der Waals surface area contributed by atoms with Gasteiger partial charge in [-0.2, -0.15) is 0 Å². The zero-order chi connectivity index (χ0) is 40.4. The normalized spacial score (nSPS) is 12.4. The van der Waals surface area contributed by atoms with Gasteiger partial charge in [-0.3, -0.25) is 0 Å². The molecular formula is C55H38BN3O2. The molecule has 288 valence electrons. The van der Waals surface area contributed by atoms with Gasteiger partial charge in [-0.25, -0.2) is 0 Å². The third-order valence-electron chi connectivity index (χ3n) is 12.1. The summed E-state index contributed by atoms with van der Waals surface area (Å²) < 4.78 is 14.1. The molecule has 9 aromatic carbocycles. The van der Waals surface area contributed by atoms with Gasteiger partial charge in [-0.05, 0) is 126 Å². The molecule has 0 N–H and O–H groups in total. The lowest BCUT2D eigenvalue weighted by Gasteiger charge is -2.41. The maximum absolute atomic E-state index is 7.10. The highest BCUT2D eigenvalue weighted by Gasteiger charge is 2.43. The van der Waals surface area contributed by atoms with Crippen molar-refractivity contribution in [2.24, 2.45) is 0 Å². The molecule has 10 aromatic rings. The summed E-state index contributed by atoms with van der Waals surface area (Å²) in [6.45, 7) is 2.06. The third kappa shape index (κ3) is 5.71. The first-order valence-corrected chi connectivity index (χ1v) is 20.8. The van der Waals surface area contributed by atoms with E-state index in [9.17, 15) is 0 Å². The van der Waals surface area contributed by atoms with Gasteiger partial charge >= 0.3 is 0 Å². The molecule has 0 spiro atoms. The van der Waals surface area contributed by atoms with Crippen LogP contribution < -0.4 is 35.8 Å². The van der Waals surface area contributed by atoms with Crippen LogP contribution in [0.2, 0.25) is 0 Å². The zero-order valence-corrected chi connectivity index (χ0v) is 33.4. The Kier molecular flexibility index (Phi) is 8.10. The fourth-order valence-corrected chi connectivity index (χ4v) is 9.48. The SMILES string of the molecule is Cc1cc2c3c(c1)N(c1ccccc1)c1cc(N(c4ccccc4)c4ccccc4)ccc1B3c1ccc3c(oc4cc(N(c5ccccc5)c5ccccc5)ccc43)c1O2. The van der Waals surface area contributed by atoms with Gasteiger partial charge in [-0.1, -0.05) is 109 Å². The minimum Gasteiger partial charge on any atom is -0.454 e. The molecule has 2 aliphatic heterocycles. The third-order valence-corrected chi connectivity index (χ3v) is 12.1. The van der Waals surface area contributed by atoms with E-state index < -0.39 is 0 Å². The topological polar surface area (TPSA) is 32.1 Å². The molecule has 6 heteroatoms. The summed E-state index contributed by atoms with van der Waals surface area (Å²) in [6.07, 6.45) is 0. The first-order chi connectivity index (χ1) is 30.2. The number of anilines is 9. The Labute approximate surface area is 355 Å². The van der Waals surface area contributed by atoms with Crippen molar-refractivity contribution in [1.29, 1.82) is 0 Å². The van der Waals surface area contributed by atoms with E-state index in [1.165, 1.54) is 5.46 Å². The lowest BCUT2D eigenvalue weighted by atomic mass is 9.34. The fourth-order valence-electron chi connectivity index (χ4n) is 9.48. The number of fused-ring (bicyclic) bond motifs is 8. The molecule has 1 aromatic heterocycles. The highest BCUT2D eigenvalue weighted by Crippen LogP contribution is 2.46. The molecule has 0 aliphatic carbocycles. The molecule has 12 rings (SSSR count). The molecular weight excluding hydrogens is 745 g/mol. The van der Waals surface area contributed by atoms with E-state index in [0.717, 1.165) is 101 Å². The molecule has 5 nitrogen and oxygen atoms in total. The van der Waals surface area contributed by atoms with E-state index in [1.807, 2.05) is 12.1 Å². The van der Waals surface area contributed by atoms with E-state index in [4.69, 9.17) is 9.15 Å². The van der Waals surface area contributed by atoms with E-state index in [0.29, 0.717) is 0 Å². The van der Waals surface area contributed by atoms with Crippen LogP contribution in [0.5, 0.6) is 11.5 Å². The molecule has 0 saturated carbocycles. The molecule has 2 aliphatic rings. The van der Waals surface area contributed by atoms with Crippen LogP contribution in [0.15, 0.2) is 217 Å². The minimum absolute atomic E-state index is 0.0971. The van der Waals surface area contributed by atoms with Crippen LogP contribution in [0.25, 0.3) is 21.9 Å². The molecule has 61 heavy (non-hydrogen) atoms. The fraction of sp³-hybridized carbons (Fsp3) is 0.0182. The van der Waals surface area contributed by atoms with Crippen molar-refractivity contribution in [2.45, 2.75) is 6.92 Å². The highest BCUT2D eigenvalue weighted by atomic mass is 16.5. The van der Waals surface area contributed by atoms with Crippen molar-refractivity contribution in [3.05, 3.63) is 218 Å². The summed E-state index contributed by atoms with van der Waals surface area (Å²) in [5.41, 5.74) is 15.9. The van der Waals surface area contributed by atoms with Crippen molar-refractivity contribution >= 4 is 96.2 Å². The summed E-state index contributed by atoms with van der Waals surface area (Å²) in [5.74, 6) is 1.62. The molecule has 0 amide bonds. The number of furan rings is 1.